The van der Waals surface area contributed by atoms with Gasteiger partial charge in [0.1, 0.15) is 17.1 Å². The van der Waals surface area contributed by atoms with Crippen LogP contribution in [0, 0.1) is 6.92 Å². The molecule has 2 atom stereocenters. The SMILES string of the molecule is Cc1oc(-c2cn(C)cn2)nc1C(F)P. The minimum Gasteiger partial charge on any atom is -0.440 e. The molecule has 15 heavy (non-hydrogen) atoms. The number of hydrogen-bond acceptors (Lipinski definition) is 3. The Morgan fingerprint density at radius 1 is 1.60 bits per heavy atom. The van der Waals surface area contributed by atoms with Gasteiger partial charge < -0.3 is 8.98 Å². The summed E-state index contributed by atoms with van der Waals surface area (Å²) in [5.41, 5.74) is 0.915. The number of imidazole rings is 1. The summed E-state index contributed by atoms with van der Waals surface area (Å²) in [4.78, 5) is 8.13. The Balaban J connectivity index is 2.42. The second-order valence-corrected chi connectivity index (χ2v) is 3.87. The maximum absolute atomic E-state index is 13.0. The molecule has 0 aromatic carbocycles. The van der Waals surface area contributed by atoms with Crippen LogP contribution in [0.5, 0.6) is 0 Å². The molecule has 0 aliphatic rings. The standard InChI is InChI=1S/C9H11FN3OP/c1-5-7(8(10)15)12-9(14-5)6-3-13(2)4-11-6/h3-4,8H,15H2,1-2H3. The van der Waals surface area contributed by atoms with Gasteiger partial charge in [0.15, 0.2) is 5.91 Å². The molecule has 0 bridgehead atoms. The summed E-state index contributed by atoms with van der Waals surface area (Å²) in [5, 5.41) is 0. The Bertz CT molecular complexity index is 477. The number of aromatic nitrogens is 3. The fourth-order valence-electron chi connectivity index (χ4n) is 1.30. The van der Waals surface area contributed by atoms with Crippen LogP contribution in [0.1, 0.15) is 17.4 Å². The highest BCUT2D eigenvalue weighted by atomic mass is 31.0. The smallest absolute Gasteiger partial charge is 0.247 e. The first-order chi connectivity index (χ1) is 7.08. The summed E-state index contributed by atoms with van der Waals surface area (Å²) in [6, 6.07) is 0. The van der Waals surface area contributed by atoms with Gasteiger partial charge in [-0.15, -0.1) is 0 Å². The first-order valence-electron chi connectivity index (χ1n) is 4.43. The molecule has 4 nitrogen and oxygen atoms in total. The molecule has 2 aromatic rings. The van der Waals surface area contributed by atoms with Crippen molar-refractivity contribution < 1.29 is 8.81 Å². The molecule has 6 heteroatoms. The molecular formula is C9H11FN3OP. The first-order valence-corrected chi connectivity index (χ1v) is 5.10. The Labute approximate surface area is 88.7 Å². The van der Waals surface area contributed by atoms with Crippen molar-refractivity contribution in [1.82, 2.24) is 14.5 Å². The van der Waals surface area contributed by atoms with Crippen LogP contribution in [0.25, 0.3) is 11.6 Å². The molecule has 2 aromatic heterocycles. The van der Waals surface area contributed by atoms with E-state index in [0.717, 1.165) is 0 Å². The largest absolute Gasteiger partial charge is 0.440 e. The van der Waals surface area contributed by atoms with Gasteiger partial charge in [0, 0.05) is 13.2 Å². The highest BCUT2D eigenvalue weighted by Crippen LogP contribution is 2.29. The van der Waals surface area contributed by atoms with Crippen LogP contribution in [0.15, 0.2) is 16.9 Å². The topological polar surface area (TPSA) is 43.9 Å². The molecule has 0 radical (unpaired) electrons. The molecule has 0 aliphatic carbocycles. The van der Waals surface area contributed by atoms with Crippen molar-refractivity contribution in [2.75, 3.05) is 0 Å². The fourth-order valence-corrected chi connectivity index (χ4v) is 1.61. The van der Waals surface area contributed by atoms with Crippen molar-refractivity contribution in [2.45, 2.75) is 12.8 Å². The molecule has 0 fully saturated rings. The molecule has 0 saturated heterocycles. The van der Waals surface area contributed by atoms with E-state index in [-0.39, 0.29) is 0 Å². The van der Waals surface area contributed by atoms with Crippen LogP contribution in [0.3, 0.4) is 0 Å². The van der Waals surface area contributed by atoms with Gasteiger partial charge in [-0.1, -0.05) is 9.24 Å². The number of nitrogens with zero attached hydrogens (tertiary/aromatic N) is 3. The van der Waals surface area contributed by atoms with Crippen molar-refractivity contribution >= 4 is 9.24 Å². The molecule has 0 saturated carbocycles. The van der Waals surface area contributed by atoms with Gasteiger partial charge in [0.05, 0.1) is 6.33 Å². The number of oxazole rings is 1. The Kier molecular flexibility index (Phi) is 2.57. The van der Waals surface area contributed by atoms with E-state index in [1.165, 1.54) is 0 Å². The Morgan fingerprint density at radius 3 is 2.80 bits per heavy atom. The molecule has 0 aliphatic heterocycles. The summed E-state index contributed by atoms with van der Waals surface area (Å²) < 4.78 is 20.2. The number of aryl methyl sites for hydroxylation is 2. The predicted octanol–water partition coefficient (Wildman–Crippen LogP) is 2.23. The second kappa shape index (κ2) is 3.74. The molecule has 2 unspecified atom stereocenters. The molecule has 80 valence electrons. The third-order valence-corrected chi connectivity index (χ3v) is 2.33. The number of halogens is 1. The lowest BCUT2D eigenvalue weighted by Crippen LogP contribution is -1.85. The minimum atomic E-state index is -1.20. The quantitative estimate of drug-likeness (QED) is 0.739. The Hall–Kier alpha value is -1.22. The minimum absolute atomic E-state index is 0.306. The molecule has 0 amide bonds. The first kappa shape index (κ1) is 10.3. The van der Waals surface area contributed by atoms with E-state index in [9.17, 15) is 4.39 Å². The molecule has 0 N–H and O–H groups in total. The third-order valence-electron chi connectivity index (χ3n) is 2.02. The van der Waals surface area contributed by atoms with E-state index in [2.05, 4.69) is 9.97 Å². The van der Waals surface area contributed by atoms with E-state index in [4.69, 9.17) is 4.42 Å². The van der Waals surface area contributed by atoms with E-state index >= 15 is 0 Å². The second-order valence-electron chi connectivity index (χ2n) is 3.29. The van der Waals surface area contributed by atoms with Crippen LogP contribution in [0.4, 0.5) is 4.39 Å². The van der Waals surface area contributed by atoms with Crippen LogP contribution in [0.2, 0.25) is 0 Å². The maximum atomic E-state index is 13.0. The van der Waals surface area contributed by atoms with Crippen molar-refractivity contribution in [1.29, 1.82) is 0 Å². The zero-order valence-electron chi connectivity index (χ0n) is 8.44. The van der Waals surface area contributed by atoms with E-state index in [1.54, 1.807) is 24.0 Å². The lowest BCUT2D eigenvalue weighted by atomic mass is 10.4. The summed E-state index contributed by atoms with van der Waals surface area (Å²) >= 11 is 0. The number of rotatable bonds is 2. The lowest BCUT2D eigenvalue weighted by Gasteiger charge is -1.93. The van der Waals surface area contributed by atoms with Crippen LogP contribution in [-0.2, 0) is 7.05 Å². The van der Waals surface area contributed by atoms with Crippen LogP contribution in [-0.4, -0.2) is 14.5 Å². The number of alkyl halides is 1. The predicted molar refractivity (Wildman–Crippen MR) is 57.0 cm³/mol. The zero-order valence-corrected chi connectivity index (χ0v) is 9.59. The number of hydrogen-bond donors (Lipinski definition) is 0. The van der Waals surface area contributed by atoms with E-state index < -0.39 is 5.91 Å². The average molecular weight is 227 g/mol. The Morgan fingerprint density at radius 2 is 2.33 bits per heavy atom. The lowest BCUT2D eigenvalue weighted by molar-refractivity contribution is 0.451. The fraction of sp³-hybridized carbons (Fsp3) is 0.333. The van der Waals surface area contributed by atoms with Gasteiger partial charge >= 0.3 is 0 Å². The highest BCUT2D eigenvalue weighted by Gasteiger charge is 2.17. The van der Waals surface area contributed by atoms with Gasteiger partial charge in [0.25, 0.3) is 0 Å². The van der Waals surface area contributed by atoms with Crippen LogP contribution >= 0.6 is 9.24 Å². The monoisotopic (exact) mass is 227 g/mol. The average Bonchev–Trinajstić information content (AvgIpc) is 2.71. The van der Waals surface area contributed by atoms with E-state index in [0.29, 0.717) is 23.0 Å². The van der Waals surface area contributed by atoms with Gasteiger partial charge in [-0.3, -0.25) is 0 Å². The molecule has 0 spiro atoms. The summed E-state index contributed by atoms with van der Waals surface area (Å²) in [7, 11) is 3.90. The van der Waals surface area contributed by atoms with Gasteiger partial charge in [-0.25, -0.2) is 14.4 Å². The third kappa shape index (κ3) is 1.92. The van der Waals surface area contributed by atoms with Gasteiger partial charge in [-0.05, 0) is 6.92 Å². The zero-order chi connectivity index (χ0) is 11.0. The molecular weight excluding hydrogens is 216 g/mol. The maximum Gasteiger partial charge on any atom is 0.247 e. The van der Waals surface area contributed by atoms with Crippen molar-refractivity contribution in [3.05, 3.63) is 24.0 Å². The van der Waals surface area contributed by atoms with Crippen molar-refractivity contribution in [3.8, 4) is 11.6 Å². The van der Waals surface area contributed by atoms with Gasteiger partial charge in [-0.2, -0.15) is 0 Å². The summed E-state index contributed by atoms with van der Waals surface area (Å²) in [5.74, 6) is -0.363. The molecule has 2 heterocycles. The van der Waals surface area contributed by atoms with Crippen LogP contribution < -0.4 is 0 Å². The normalized spacial score (nSPS) is 13.1. The van der Waals surface area contributed by atoms with E-state index in [1.807, 2.05) is 16.3 Å². The highest BCUT2D eigenvalue weighted by molar-refractivity contribution is 7.16. The summed E-state index contributed by atoms with van der Waals surface area (Å²) in [6.07, 6.45) is 3.41. The van der Waals surface area contributed by atoms with Crippen molar-refractivity contribution in [3.63, 3.8) is 0 Å². The van der Waals surface area contributed by atoms with Gasteiger partial charge in [0.2, 0.25) is 5.89 Å². The summed E-state index contributed by atoms with van der Waals surface area (Å²) in [6.45, 7) is 1.69. The molecule has 2 rings (SSSR count). The van der Waals surface area contributed by atoms with Crippen molar-refractivity contribution in [2.24, 2.45) is 7.05 Å².